The van der Waals surface area contributed by atoms with Gasteiger partial charge in [0.2, 0.25) is 0 Å². The van der Waals surface area contributed by atoms with Gasteiger partial charge in [-0.1, -0.05) is 11.3 Å². The van der Waals surface area contributed by atoms with Crippen LogP contribution in [0.1, 0.15) is 0 Å². The minimum Gasteiger partial charge on any atom is -0.398 e. The molecule has 2 rings (SSSR count). The Balaban J connectivity index is 2.38. The van der Waals surface area contributed by atoms with E-state index in [0.717, 1.165) is 3.01 Å². The highest BCUT2D eigenvalue weighted by Gasteiger charge is 2.15. The molecular formula is C6H2IN3O3S. The summed E-state index contributed by atoms with van der Waals surface area (Å²) >= 11 is 3.33. The van der Waals surface area contributed by atoms with Crippen LogP contribution in [0.2, 0.25) is 0 Å². The van der Waals surface area contributed by atoms with Crippen LogP contribution >= 0.6 is 33.9 Å². The van der Waals surface area contributed by atoms with Crippen LogP contribution in [0.4, 0.5) is 5.88 Å². The molecule has 2 aromatic rings. The van der Waals surface area contributed by atoms with Gasteiger partial charge in [-0.2, -0.15) is 0 Å². The number of hydrogen-bond acceptors (Lipinski definition) is 6. The van der Waals surface area contributed by atoms with Gasteiger partial charge in [-0.3, -0.25) is 10.1 Å². The summed E-state index contributed by atoms with van der Waals surface area (Å²) in [4.78, 5) is 9.74. The molecule has 0 unspecified atom stereocenters. The second kappa shape index (κ2) is 3.61. The monoisotopic (exact) mass is 323 g/mol. The molecule has 0 aliphatic carbocycles. The van der Waals surface area contributed by atoms with Gasteiger partial charge in [0.15, 0.2) is 13.8 Å². The van der Waals surface area contributed by atoms with E-state index in [0.29, 0.717) is 10.8 Å². The van der Waals surface area contributed by atoms with Gasteiger partial charge in [0, 0.05) is 0 Å². The van der Waals surface area contributed by atoms with Crippen molar-refractivity contribution in [2.24, 2.45) is 0 Å². The number of nitrogens with zero attached hydrogens (tertiary/aromatic N) is 3. The maximum atomic E-state index is 10.3. The van der Waals surface area contributed by atoms with Crippen LogP contribution in [-0.4, -0.2) is 15.1 Å². The van der Waals surface area contributed by atoms with Gasteiger partial charge in [0.25, 0.3) is 0 Å². The molecule has 0 bridgehead atoms. The zero-order valence-corrected chi connectivity index (χ0v) is 9.48. The van der Waals surface area contributed by atoms with E-state index in [2.05, 4.69) is 10.2 Å². The van der Waals surface area contributed by atoms with Crippen LogP contribution in [0, 0.1) is 13.1 Å². The summed E-state index contributed by atoms with van der Waals surface area (Å²) in [6.07, 6.45) is 0. The van der Waals surface area contributed by atoms with Crippen molar-refractivity contribution in [1.29, 1.82) is 0 Å². The van der Waals surface area contributed by atoms with Crippen molar-refractivity contribution in [3.63, 3.8) is 0 Å². The standard InChI is InChI=1S/C6H2IN3O3S/c7-6-9-8-5(14-6)3-1-2-4(13-3)10(11)12/h1-2H. The van der Waals surface area contributed by atoms with Crippen LogP contribution in [0.5, 0.6) is 0 Å². The lowest BCUT2D eigenvalue weighted by atomic mass is 10.5. The molecule has 2 aromatic heterocycles. The highest BCUT2D eigenvalue weighted by atomic mass is 127. The molecule has 0 aromatic carbocycles. The van der Waals surface area contributed by atoms with Crippen LogP contribution in [0.3, 0.4) is 0 Å². The Bertz CT molecular complexity index is 480. The molecule has 72 valence electrons. The SMILES string of the molecule is O=[N+]([O-])c1ccc(-c2nnc(I)s2)o1. The molecule has 0 N–H and O–H groups in total. The van der Waals surface area contributed by atoms with E-state index in [1.54, 1.807) is 0 Å². The highest BCUT2D eigenvalue weighted by molar-refractivity contribution is 14.1. The molecule has 0 saturated carbocycles. The Kier molecular flexibility index (Phi) is 2.46. The summed E-state index contributed by atoms with van der Waals surface area (Å²) in [6, 6.07) is 2.80. The lowest BCUT2D eigenvalue weighted by Crippen LogP contribution is -1.82. The molecule has 0 atom stereocenters. The first-order chi connectivity index (χ1) is 6.66. The third-order valence-electron chi connectivity index (χ3n) is 1.38. The first kappa shape index (κ1) is 9.52. The van der Waals surface area contributed by atoms with Crippen molar-refractivity contribution in [2.75, 3.05) is 0 Å². The van der Waals surface area contributed by atoms with Crippen LogP contribution in [0.15, 0.2) is 16.5 Å². The largest absolute Gasteiger partial charge is 0.433 e. The van der Waals surface area contributed by atoms with Crippen molar-refractivity contribution in [2.45, 2.75) is 0 Å². The fourth-order valence-corrected chi connectivity index (χ4v) is 2.11. The third kappa shape index (κ3) is 1.75. The van der Waals surface area contributed by atoms with Crippen LogP contribution in [-0.2, 0) is 0 Å². The first-order valence-corrected chi connectivity index (χ1v) is 5.30. The molecule has 0 fully saturated rings. The van der Waals surface area contributed by atoms with E-state index in [1.807, 2.05) is 22.6 Å². The van der Waals surface area contributed by atoms with E-state index in [9.17, 15) is 10.1 Å². The smallest absolute Gasteiger partial charge is 0.398 e. The number of hydrogen-bond donors (Lipinski definition) is 0. The summed E-state index contributed by atoms with van der Waals surface area (Å²) < 4.78 is 5.71. The highest BCUT2D eigenvalue weighted by Crippen LogP contribution is 2.28. The minimum absolute atomic E-state index is 0.287. The summed E-state index contributed by atoms with van der Waals surface area (Å²) in [5.41, 5.74) is 0. The molecule has 0 saturated heterocycles. The Morgan fingerprint density at radius 2 is 2.29 bits per heavy atom. The maximum absolute atomic E-state index is 10.3. The van der Waals surface area contributed by atoms with E-state index < -0.39 is 4.92 Å². The molecule has 0 radical (unpaired) electrons. The van der Waals surface area contributed by atoms with Gasteiger partial charge in [-0.15, -0.1) is 10.2 Å². The molecule has 0 aliphatic heterocycles. The van der Waals surface area contributed by atoms with E-state index in [-0.39, 0.29) is 5.88 Å². The maximum Gasteiger partial charge on any atom is 0.433 e. The zero-order chi connectivity index (χ0) is 10.1. The first-order valence-electron chi connectivity index (χ1n) is 3.40. The Hall–Kier alpha value is -1.03. The van der Waals surface area contributed by atoms with Gasteiger partial charge in [0.1, 0.15) is 4.92 Å². The van der Waals surface area contributed by atoms with Gasteiger partial charge >= 0.3 is 5.88 Å². The molecular weight excluding hydrogens is 321 g/mol. The van der Waals surface area contributed by atoms with Gasteiger partial charge in [-0.25, -0.2) is 0 Å². The second-order valence-corrected chi connectivity index (χ2v) is 4.99. The summed E-state index contributed by atoms with van der Waals surface area (Å²) in [6.45, 7) is 0. The number of nitro groups is 1. The molecule has 2 heterocycles. The normalized spacial score (nSPS) is 10.4. The van der Waals surface area contributed by atoms with E-state index in [4.69, 9.17) is 4.42 Å². The Labute approximate surface area is 95.2 Å². The van der Waals surface area contributed by atoms with Gasteiger partial charge < -0.3 is 4.42 Å². The molecule has 0 aliphatic rings. The fourth-order valence-electron chi connectivity index (χ4n) is 0.846. The van der Waals surface area contributed by atoms with Gasteiger partial charge in [-0.05, 0) is 28.7 Å². The molecule has 0 spiro atoms. The predicted molar refractivity (Wildman–Crippen MR) is 57.0 cm³/mol. The quantitative estimate of drug-likeness (QED) is 0.481. The van der Waals surface area contributed by atoms with Crippen molar-refractivity contribution >= 4 is 39.8 Å². The second-order valence-electron chi connectivity index (χ2n) is 2.26. The van der Waals surface area contributed by atoms with Crippen molar-refractivity contribution in [3.05, 3.63) is 25.3 Å². The van der Waals surface area contributed by atoms with Crippen molar-refractivity contribution in [3.8, 4) is 10.8 Å². The number of rotatable bonds is 2. The molecule has 14 heavy (non-hydrogen) atoms. The van der Waals surface area contributed by atoms with E-state index in [1.165, 1.54) is 23.5 Å². The lowest BCUT2D eigenvalue weighted by Gasteiger charge is -1.84. The zero-order valence-electron chi connectivity index (χ0n) is 6.51. The summed E-state index contributed by atoms with van der Waals surface area (Å²) in [5, 5.41) is 18.4. The summed E-state index contributed by atoms with van der Waals surface area (Å²) in [5.74, 6) is 0.0855. The van der Waals surface area contributed by atoms with Crippen molar-refractivity contribution < 1.29 is 9.34 Å². The fraction of sp³-hybridized carbons (Fsp3) is 0. The van der Waals surface area contributed by atoms with Gasteiger partial charge in [0.05, 0.1) is 6.07 Å². The average molecular weight is 323 g/mol. The van der Waals surface area contributed by atoms with Crippen LogP contribution in [0.25, 0.3) is 10.8 Å². The topological polar surface area (TPSA) is 82.1 Å². The lowest BCUT2D eigenvalue weighted by molar-refractivity contribution is -0.401. The number of halogens is 1. The minimum atomic E-state index is -0.588. The molecule has 0 amide bonds. The number of furan rings is 1. The Morgan fingerprint density at radius 1 is 1.50 bits per heavy atom. The van der Waals surface area contributed by atoms with Crippen LogP contribution < -0.4 is 0 Å². The summed E-state index contributed by atoms with van der Waals surface area (Å²) in [7, 11) is 0. The predicted octanol–water partition coefficient (Wildman–Crippen LogP) is 2.31. The average Bonchev–Trinajstić information content (AvgIpc) is 2.70. The number of aromatic nitrogens is 2. The molecule has 8 heteroatoms. The Morgan fingerprint density at radius 3 is 2.79 bits per heavy atom. The molecule has 6 nitrogen and oxygen atoms in total. The van der Waals surface area contributed by atoms with E-state index >= 15 is 0 Å². The van der Waals surface area contributed by atoms with Crippen molar-refractivity contribution in [1.82, 2.24) is 10.2 Å². The third-order valence-corrected chi connectivity index (χ3v) is 2.99.